The van der Waals surface area contributed by atoms with Crippen LogP contribution in [0.2, 0.25) is 5.02 Å². The summed E-state index contributed by atoms with van der Waals surface area (Å²) in [5, 5.41) is 14.9. The average Bonchev–Trinajstić information content (AvgIpc) is 3.07. The Hall–Kier alpha value is -2.05. The van der Waals surface area contributed by atoms with E-state index >= 15 is 0 Å². The van der Waals surface area contributed by atoms with Crippen LogP contribution in [-0.2, 0) is 21.5 Å². The molecule has 0 radical (unpaired) electrons. The minimum absolute atomic E-state index is 0.0234. The van der Waals surface area contributed by atoms with Gasteiger partial charge in [-0.2, -0.15) is 0 Å². The molecule has 7 heteroatoms. The Balaban J connectivity index is 1.50. The molecular weight excluding hydrogens is 402 g/mol. The van der Waals surface area contributed by atoms with Crippen molar-refractivity contribution in [2.75, 3.05) is 19.6 Å². The number of fused-ring (bicyclic) bond motifs is 4. The summed E-state index contributed by atoms with van der Waals surface area (Å²) < 4.78 is 0. The summed E-state index contributed by atoms with van der Waals surface area (Å²) in [6.07, 6.45) is 3.62. The van der Waals surface area contributed by atoms with Crippen LogP contribution in [0.1, 0.15) is 57.2 Å². The van der Waals surface area contributed by atoms with Crippen molar-refractivity contribution in [2.24, 2.45) is 5.41 Å². The molecule has 4 rings (SSSR count). The molecule has 2 aliphatic heterocycles. The maximum Gasteiger partial charge on any atom is 0.303 e. The first-order chi connectivity index (χ1) is 14.3. The fourth-order valence-electron chi connectivity index (χ4n) is 5.12. The van der Waals surface area contributed by atoms with Crippen LogP contribution >= 0.6 is 11.6 Å². The van der Waals surface area contributed by atoms with E-state index in [2.05, 4.69) is 10.3 Å². The van der Waals surface area contributed by atoms with E-state index in [1.807, 2.05) is 36.9 Å². The fourth-order valence-corrected chi connectivity index (χ4v) is 5.29. The molecule has 30 heavy (non-hydrogen) atoms. The smallest absolute Gasteiger partial charge is 0.303 e. The highest BCUT2D eigenvalue weighted by Crippen LogP contribution is 2.41. The maximum absolute atomic E-state index is 12.9. The molecule has 1 aromatic heterocycles. The maximum atomic E-state index is 12.9. The summed E-state index contributed by atoms with van der Waals surface area (Å²) in [4.78, 5) is 29.7. The topological polar surface area (TPSA) is 85.4 Å². The number of carbonyl (C=O) groups excluding carboxylic acids is 1. The molecule has 3 heterocycles. The molecule has 2 aliphatic rings. The van der Waals surface area contributed by atoms with E-state index < -0.39 is 11.4 Å². The molecule has 0 aliphatic carbocycles. The van der Waals surface area contributed by atoms with Crippen LogP contribution in [0.3, 0.4) is 0 Å². The van der Waals surface area contributed by atoms with Gasteiger partial charge in [0.1, 0.15) is 0 Å². The number of carboxylic acids is 1. The summed E-state index contributed by atoms with van der Waals surface area (Å²) >= 11 is 6.24. The molecule has 1 saturated heterocycles. The number of aromatic amines is 1. The number of hydrogen-bond acceptors (Lipinski definition) is 3. The minimum atomic E-state index is -0.845. The number of H-pyrrole nitrogens is 1. The lowest BCUT2D eigenvalue weighted by molar-refractivity contribution is -0.141. The number of benzene rings is 1. The van der Waals surface area contributed by atoms with Crippen molar-refractivity contribution in [3.63, 3.8) is 0 Å². The third-order valence-corrected chi connectivity index (χ3v) is 7.40. The Kier molecular flexibility index (Phi) is 5.58. The van der Waals surface area contributed by atoms with Crippen LogP contribution in [0.5, 0.6) is 0 Å². The van der Waals surface area contributed by atoms with E-state index in [0.717, 1.165) is 36.3 Å². The van der Waals surface area contributed by atoms with Gasteiger partial charge in [-0.05, 0) is 54.9 Å². The fraction of sp³-hybridized carbons (Fsp3) is 0.565. The van der Waals surface area contributed by atoms with Crippen molar-refractivity contribution >= 4 is 34.4 Å². The standard InChI is InChI=1S/C23H30ClN3O3/c1-3-22(2,14-20(29)30)13-19(28)27-10-7-23(8-11-27)21-16(6-9-25-23)17-12-15(24)4-5-18(17)26-21/h4-5,12,25-26H,3,6-11,13-14H2,1-2H3,(H,29,30). The van der Waals surface area contributed by atoms with Crippen LogP contribution in [0.15, 0.2) is 18.2 Å². The second-order valence-corrected chi connectivity index (χ2v) is 9.66. The van der Waals surface area contributed by atoms with Gasteiger partial charge in [0.2, 0.25) is 5.91 Å². The van der Waals surface area contributed by atoms with E-state index in [-0.39, 0.29) is 24.3 Å². The number of rotatable bonds is 5. The summed E-state index contributed by atoms with van der Waals surface area (Å²) in [5.41, 5.74) is 3.04. The predicted octanol–water partition coefficient (Wildman–Crippen LogP) is 4.07. The lowest BCUT2D eigenvalue weighted by atomic mass is 9.78. The number of hydrogen-bond donors (Lipinski definition) is 3. The zero-order chi connectivity index (χ0) is 21.5. The molecule has 1 spiro atoms. The first kappa shape index (κ1) is 21.2. The predicted molar refractivity (Wildman–Crippen MR) is 118 cm³/mol. The summed E-state index contributed by atoms with van der Waals surface area (Å²) in [6, 6.07) is 5.99. The van der Waals surface area contributed by atoms with Crippen molar-refractivity contribution in [1.82, 2.24) is 15.2 Å². The van der Waals surface area contributed by atoms with Gasteiger partial charge in [-0.25, -0.2) is 0 Å². The van der Waals surface area contributed by atoms with Gasteiger partial charge in [-0.15, -0.1) is 0 Å². The highest BCUT2D eigenvalue weighted by atomic mass is 35.5. The summed E-state index contributed by atoms with van der Waals surface area (Å²) in [5.74, 6) is -0.780. The SMILES string of the molecule is CCC(C)(CC(=O)O)CC(=O)N1CCC2(CC1)NCCc1c2[nH]c2ccc(Cl)cc12. The molecule has 1 atom stereocenters. The van der Waals surface area contributed by atoms with Crippen molar-refractivity contribution in [3.05, 3.63) is 34.5 Å². The van der Waals surface area contributed by atoms with E-state index in [9.17, 15) is 14.7 Å². The highest BCUT2D eigenvalue weighted by Gasteiger charge is 2.42. The van der Waals surface area contributed by atoms with Crippen molar-refractivity contribution in [3.8, 4) is 0 Å². The largest absolute Gasteiger partial charge is 0.481 e. The van der Waals surface area contributed by atoms with Gasteiger partial charge in [0.15, 0.2) is 0 Å². The average molecular weight is 432 g/mol. The molecule has 3 N–H and O–H groups in total. The Morgan fingerprint density at radius 1 is 1.27 bits per heavy atom. The van der Waals surface area contributed by atoms with Gasteiger partial charge in [0.25, 0.3) is 0 Å². The molecule has 6 nitrogen and oxygen atoms in total. The number of nitrogens with zero attached hydrogens (tertiary/aromatic N) is 1. The minimum Gasteiger partial charge on any atom is -0.481 e. The molecule has 0 saturated carbocycles. The number of aromatic nitrogens is 1. The summed E-state index contributed by atoms with van der Waals surface area (Å²) in [7, 11) is 0. The second kappa shape index (κ2) is 7.89. The number of carboxylic acid groups (broad SMARTS) is 1. The molecule has 162 valence electrons. The zero-order valence-corrected chi connectivity index (χ0v) is 18.4. The normalized spacial score (nSPS) is 20.2. The Morgan fingerprint density at radius 3 is 2.67 bits per heavy atom. The lowest BCUT2D eigenvalue weighted by Crippen LogP contribution is -2.55. The molecule has 2 aromatic rings. The molecule has 1 amide bonds. The zero-order valence-electron chi connectivity index (χ0n) is 17.7. The van der Waals surface area contributed by atoms with Gasteiger partial charge < -0.3 is 20.3 Å². The molecule has 1 fully saturated rings. The molecule has 1 aromatic carbocycles. The Bertz CT molecular complexity index is 977. The van der Waals surface area contributed by atoms with Crippen molar-refractivity contribution < 1.29 is 14.7 Å². The number of nitrogens with one attached hydrogen (secondary N) is 2. The van der Waals surface area contributed by atoms with Crippen molar-refractivity contribution in [1.29, 1.82) is 0 Å². The quantitative estimate of drug-likeness (QED) is 0.666. The number of halogens is 1. The number of amides is 1. The second-order valence-electron chi connectivity index (χ2n) is 9.22. The van der Waals surface area contributed by atoms with E-state index in [1.165, 1.54) is 16.6 Å². The summed E-state index contributed by atoms with van der Waals surface area (Å²) in [6.45, 7) is 6.11. The van der Waals surface area contributed by atoms with Crippen LogP contribution in [0.4, 0.5) is 0 Å². The Labute approximate surface area is 182 Å². The third-order valence-electron chi connectivity index (χ3n) is 7.16. The molecular formula is C23H30ClN3O3. The number of piperidine rings is 1. The van der Waals surface area contributed by atoms with Gasteiger partial charge in [-0.3, -0.25) is 9.59 Å². The Morgan fingerprint density at radius 2 is 2.00 bits per heavy atom. The highest BCUT2D eigenvalue weighted by molar-refractivity contribution is 6.31. The van der Waals surface area contributed by atoms with E-state index in [1.54, 1.807) is 0 Å². The monoisotopic (exact) mass is 431 g/mol. The van der Waals surface area contributed by atoms with Crippen LogP contribution in [-0.4, -0.2) is 46.5 Å². The first-order valence-corrected chi connectivity index (χ1v) is 11.2. The van der Waals surface area contributed by atoms with Crippen LogP contribution in [0.25, 0.3) is 10.9 Å². The molecule has 0 bridgehead atoms. The van der Waals surface area contributed by atoms with Crippen LogP contribution < -0.4 is 5.32 Å². The lowest BCUT2D eigenvalue weighted by Gasteiger charge is -2.45. The van der Waals surface area contributed by atoms with E-state index in [0.29, 0.717) is 19.5 Å². The van der Waals surface area contributed by atoms with Gasteiger partial charge in [-0.1, -0.05) is 25.4 Å². The third kappa shape index (κ3) is 3.83. The van der Waals surface area contributed by atoms with E-state index in [4.69, 9.17) is 11.6 Å². The van der Waals surface area contributed by atoms with Gasteiger partial charge in [0.05, 0.1) is 12.0 Å². The van der Waals surface area contributed by atoms with Gasteiger partial charge >= 0.3 is 5.97 Å². The first-order valence-electron chi connectivity index (χ1n) is 10.8. The number of aliphatic carboxylic acids is 1. The van der Waals surface area contributed by atoms with Crippen LogP contribution in [0, 0.1) is 5.41 Å². The molecule has 1 unspecified atom stereocenters. The van der Waals surface area contributed by atoms with Gasteiger partial charge in [0, 0.05) is 47.7 Å². The number of likely N-dealkylation sites (tertiary alicyclic amines) is 1. The number of carbonyl (C=O) groups is 2. The van der Waals surface area contributed by atoms with Crippen molar-refractivity contribution in [2.45, 2.75) is 57.9 Å².